The number of methoxy groups -OCH3 is 2. The number of alkyl halides is 3. The number of anilines is 2. The molecule has 0 spiro atoms. The molecular formula is C48H45F3N16O8. The summed E-state index contributed by atoms with van der Waals surface area (Å²) in [6.45, 7) is 0.687. The van der Waals surface area contributed by atoms with Crippen molar-refractivity contribution in [1.29, 1.82) is 10.8 Å². The van der Waals surface area contributed by atoms with Gasteiger partial charge in [0.1, 0.15) is 48.5 Å². The van der Waals surface area contributed by atoms with Crippen molar-refractivity contribution in [1.82, 2.24) is 49.5 Å². The minimum Gasteiger partial charge on any atom is -0.497 e. The summed E-state index contributed by atoms with van der Waals surface area (Å²) in [5.41, 5.74) is 14.2. The van der Waals surface area contributed by atoms with Gasteiger partial charge in [0, 0.05) is 54.2 Å². The Kier molecular flexibility index (Phi) is 16.4. The zero-order chi connectivity index (χ0) is 53.8. The van der Waals surface area contributed by atoms with Crippen LogP contribution in [0, 0.1) is 10.8 Å². The highest BCUT2D eigenvalue weighted by Gasteiger charge is 2.41. The third-order valence-electron chi connectivity index (χ3n) is 10.5. The van der Waals surface area contributed by atoms with Gasteiger partial charge in [-0.15, -0.1) is 19.6 Å². The van der Waals surface area contributed by atoms with Gasteiger partial charge in [-0.2, -0.15) is 13.2 Å². The third kappa shape index (κ3) is 13.6. The molecule has 0 aliphatic carbocycles. The smallest absolute Gasteiger partial charge is 0.490 e. The maximum Gasteiger partial charge on any atom is 0.490 e. The van der Waals surface area contributed by atoms with Crippen LogP contribution >= 0.6 is 0 Å². The highest BCUT2D eigenvalue weighted by atomic mass is 19.4. The van der Waals surface area contributed by atoms with Gasteiger partial charge in [0.2, 0.25) is 0 Å². The Morgan fingerprint density at radius 3 is 1.37 bits per heavy atom. The maximum absolute atomic E-state index is 12.7. The molecule has 2 atom stereocenters. The summed E-state index contributed by atoms with van der Waals surface area (Å²) in [6, 6.07) is 24.9. The van der Waals surface area contributed by atoms with Gasteiger partial charge in [0.15, 0.2) is 11.6 Å². The molecule has 0 fully saturated rings. The van der Waals surface area contributed by atoms with E-state index < -0.39 is 48.2 Å². The average Bonchev–Trinajstić information content (AvgIpc) is 4.00. The van der Waals surface area contributed by atoms with Crippen molar-refractivity contribution in [3.8, 4) is 23.4 Å². The Morgan fingerprint density at radius 2 is 1.03 bits per heavy atom. The number of nitrogens with one attached hydrogen (secondary N) is 6. The lowest BCUT2D eigenvalue weighted by Gasteiger charge is -2.20. The molecule has 75 heavy (non-hydrogen) atoms. The van der Waals surface area contributed by atoms with E-state index in [0.717, 1.165) is 9.36 Å². The van der Waals surface area contributed by atoms with Crippen LogP contribution in [0.3, 0.4) is 0 Å². The number of carbonyl (C=O) groups excluding carboxylic acids is 2. The van der Waals surface area contributed by atoms with Gasteiger partial charge in [0.25, 0.3) is 11.9 Å². The highest BCUT2D eigenvalue weighted by Crippen LogP contribution is 2.31. The number of benzene rings is 4. The van der Waals surface area contributed by atoms with E-state index in [0.29, 0.717) is 44.9 Å². The Labute approximate surface area is 421 Å². The van der Waals surface area contributed by atoms with E-state index >= 15 is 0 Å². The molecule has 4 heterocycles. The van der Waals surface area contributed by atoms with Gasteiger partial charge in [-0.3, -0.25) is 25.6 Å². The second-order valence-corrected chi connectivity index (χ2v) is 15.8. The lowest BCUT2D eigenvalue weighted by molar-refractivity contribution is -0.201. The van der Waals surface area contributed by atoms with Crippen LogP contribution in [-0.4, -0.2) is 93.5 Å². The number of halogens is 3. The van der Waals surface area contributed by atoms with Crippen molar-refractivity contribution in [3.63, 3.8) is 0 Å². The Hall–Kier alpha value is -10.2. The summed E-state index contributed by atoms with van der Waals surface area (Å²) < 4.78 is 60.3. The second-order valence-electron chi connectivity index (χ2n) is 15.8. The van der Waals surface area contributed by atoms with Crippen molar-refractivity contribution >= 4 is 35.0 Å². The molecule has 1 unspecified atom stereocenters. The van der Waals surface area contributed by atoms with Crippen molar-refractivity contribution in [2.24, 2.45) is 11.5 Å². The monoisotopic (exact) mass is 1030 g/mol. The largest absolute Gasteiger partial charge is 0.497 e. The zero-order valence-corrected chi connectivity index (χ0v) is 39.7. The van der Waals surface area contributed by atoms with Gasteiger partial charge in [-0.05, 0) is 119 Å². The number of nitrogens with zero attached hydrogens (tertiary/aromatic N) is 8. The molecule has 386 valence electrons. The number of esters is 2. The molecule has 0 aliphatic rings. The van der Waals surface area contributed by atoms with Crippen LogP contribution in [0.2, 0.25) is 0 Å². The molecule has 10 N–H and O–H groups in total. The molecule has 8 aromatic rings. The molecule has 0 aliphatic heterocycles. The van der Waals surface area contributed by atoms with E-state index in [1.165, 1.54) is 58.1 Å². The number of aromatic nitrogens is 10. The van der Waals surface area contributed by atoms with Crippen molar-refractivity contribution in [2.45, 2.75) is 38.4 Å². The van der Waals surface area contributed by atoms with Crippen molar-refractivity contribution in [3.05, 3.63) is 188 Å². The predicted octanol–water partition coefficient (Wildman–Crippen LogP) is 4.36. The molecule has 0 saturated heterocycles. The van der Waals surface area contributed by atoms with E-state index in [2.05, 4.69) is 55.5 Å². The number of hydrogen-bond donors (Lipinski definition) is 8. The van der Waals surface area contributed by atoms with Crippen molar-refractivity contribution < 1.29 is 41.7 Å². The Bertz CT molecular complexity index is 3420. The predicted molar refractivity (Wildman–Crippen MR) is 263 cm³/mol. The van der Waals surface area contributed by atoms with Gasteiger partial charge in [-0.25, -0.2) is 34.3 Å². The van der Waals surface area contributed by atoms with E-state index in [4.69, 9.17) is 36.5 Å². The van der Waals surface area contributed by atoms with Crippen LogP contribution < -0.4 is 43.0 Å². The number of ether oxygens (including phenoxy) is 4. The van der Waals surface area contributed by atoms with E-state index in [1.807, 2.05) is 6.07 Å². The van der Waals surface area contributed by atoms with E-state index in [1.54, 1.807) is 78.9 Å². The molecule has 4 aromatic heterocycles. The number of nitrogens with two attached hydrogens (primary N) is 2. The molecular weight excluding hydrogens is 986 g/mol. The van der Waals surface area contributed by atoms with Crippen LogP contribution in [0.4, 0.5) is 24.5 Å². The second kappa shape index (κ2) is 23.3. The number of rotatable bonds is 18. The molecule has 0 bridgehead atoms. The first kappa shape index (κ1) is 52.6. The van der Waals surface area contributed by atoms with E-state index in [-0.39, 0.29) is 53.1 Å². The SMILES string of the molecule is COc1cc(COC(=O)C(F)(F)F)cc([C@H](Nc2ccc(C(=N)N)cc2)c2nn(-c3ncccn3)c(=O)[nH]2)c1.COc1cc(COC(C)=O)cc(C(Nc2ccc(C(=N)N)cc2)c2nn(-c3ncccn3)c(=O)[nH]2)c1. The average molecular weight is 1030 g/mol. The minimum absolute atomic E-state index is 0.0138. The lowest BCUT2D eigenvalue weighted by atomic mass is 10.0. The summed E-state index contributed by atoms with van der Waals surface area (Å²) in [7, 11) is 2.89. The number of aromatic amines is 2. The Morgan fingerprint density at radius 1 is 0.640 bits per heavy atom. The number of H-pyrrole nitrogens is 2. The minimum atomic E-state index is -5.15. The van der Waals surface area contributed by atoms with Crippen molar-refractivity contribution in [2.75, 3.05) is 24.9 Å². The number of amidine groups is 2. The molecule has 0 radical (unpaired) electrons. The van der Waals surface area contributed by atoms with Crippen LogP contribution in [0.15, 0.2) is 131 Å². The summed E-state index contributed by atoms with van der Waals surface area (Å²) in [5, 5.41) is 30.5. The molecule has 27 heteroatoms. The van der Waals surface area contributed by atoms with Crippen LogP contribution in [0.5, 0.6) is 11.5 Å². The van der Waals surface area contributed by atoms with Gasteiger partial charge in [-0.1, -0.05) is 0 Å². The van der Waals surface area contributed by atoms with Gasteiger partial charge < -0.3 is 41.0 Å². The number of nitrogen functional groups attached to an aromatic ring is 2. The van der Waals surface area contributed by atoms with Crippen LogP contribution in [0.1, 0.15) is 64.0 Å². The quantitative estimate of drug-likeness (QED) is 0.0336. The Balaban J connectivity index is 0.000000219. The summed E-state index contributed by atoms with van der Waals surface area (Å²) in [6.07, 6.45) is 0.749. The first-order valence-electron chi connectivity index (χ1n) is 22.0. The van der Waals surface area contributed by atoms with Crippen LogP contribution in [-0.2, 0) is 32.3 Å². The first-order valence-corrected chi connectivity index (χ1v) is 22.0. The first-order chi connectivity index (χ1) is 35.9. The van der Waals surface area contributed by atoms with E-state index in [9.17, 15) is 32.3 Å². The molecule has 0 saturated carbocycles. The topological polar surface area (TPSA) is 348 Å². The lowest BCUT2D eigenvalue weighted by Crippen LogP contribution is -2.25. The molecule has 0 amide bonds. The summed E-state index contributed by atoms with van der Waals surface area (Å²) in [4.78, 5) is 69.7. The fourth-order valence-electron chi connectivity index (χ4n) is 6.98. The fraction of sp³-hybridized carbons (Fsp3) is 0.167. The highest BCUT2D eigenvalue weighted by molar-refractivity contribution is 5.95. The van der Waals surface area contributed by atoms with Gasteiger partial charge >= 0.3 is 29.5 Å². The van der Waals surface area contributed by atoms with Gasteiger partial charge in [0.05, 0.1) is 14.2 Å². The summed E-state index contributed by atoms with van der Waals surface area (Å²) in [5.74, 6) is -1.62. The molecule has 4 aromatic carbocycles. The number of carbonyl (C=O) groups is 2. The maximum atomic E-state index is 12.7. The normalized spacial score (nSPS) is 11.8. The number of hydrogen-bond acceptors (Lipinski definition) is 18. The third-order valence-corrected chi connectivity index (χ3v) is 10.5. The summed E-state index contributed by atoms with van der Waals surface area (Å²) >= 11 is 0. The standard InChI is InChI=1S/C24H21F3N8O4.C24H24N8O4/c1-38-17-10-13(12-39-21(36)24(25,26)27)9-15(11-17)18(32-16-5-3-14(4-6-16)19(28)29)20-33-23(37)35(34-20)22-30-7-2-8-31-22;1-14(33)36-13-15-10-17(12-19(11-15)35-2)20(29-18-6-4-16(5-7-18)21(25)26)22-30-24(34)32(31-22)23-27-8-3-9-28-23/h2-11,18,32H,12H2,1H3,(H3,28,29)(H,33,34,37);3-12,20,29H,13H2,1-2H3,(H3,25,26)(H,30,31,34)/t18-;/m0./s1. The van der Waals surface area contributed by atoms with Crippen LogP contribution in [0.25, 0.3) is 11.9 Å². The fourth-order valence-corrected chi connectivity index (χ4v) is 6.98. The zero-order valence-electron chi connectivity index (χ0n) is 39.7. The molecule has 24 nitrogen and oxygen atoms in total. The molecule has 8 rings (SSSR count).